The van der Waals surface area contributed by atoms with E-state index >= 15 is 0 Å². The summed E-state index contributed by atoms with van der Waals surface area (Å²) in [6, 6.07) is 27.7. The zero-order chi connectivity index (χ0) is 29.6. The van der Waals surface area contributed by atoms with Crippen LogP contribution in [0.1, 0.15) is 33.0 Å². The number of ether oxygens (including phenoxy) is 1. The molecule has 0 heterocycles. The van der Waals surface area contributed by atoms with E-state index in [1.54, 1.807) is 7.05 Å². The molecule has 42 heavy (non-hydrogen) atoms. The fourth-order valence-electron chi connectivity index (χ4n) is 5.22. The van der Waals surface area contributed by atoms with Crippen molar-refractivity contribution in [1.82, 2.24) is 10.2 Å². The minimum absolute atomic E-state index is 0.0688. The maximum Gasteiger partial charge on any atom is 0.407 e. The summed E-state index contributed by atoms with van der Waals surface area (Å²) in [6.07, 6.45) is -0.785. The van der Waals surface area contributed by atoms with Crippen molar-refractivity contribution in [2.24, 2.45) is 0 Å². The summed E-state index contributed by atoms with van der Waals surface area (Å²) in [4.78, 5) is 39.4. The Morgan fingerprint density at radius 2 is 1.52 bits per heavy atom. The molecular weight excluding hydrogens is 537 g/mol. The number of halogens is 1. The lowest BCUT2D eigenvalue weighted by atomic mass is 9.98. The Balaban J connectivity index is 1.29. The second-order valence-corrected chi connectivity index (χ2v) is 10.2. The number of amides is 2. The minimum atomic E-state index is -1.29. The van der Waals surface area contributed by atoms with Crippen molar-refractivity contribution in [1.29, 1.82) is 0 Å². The monoisotopic (exact) mass is 567 g/mol. The van der Waals surface area contributed by atoms with E-state index in [4.69, 9.17) is 9.84 Å². The number of hydrogen-bond acceptors (Lipinski definition) is 5. The van der Waals surface area contributed by atoms with Gasteiger partial charge in [-0.2, -0.15) is 0 Å². The lowest BCUT2D eigenvalue weighted by Crippen LogP contribution is -2.50. The summed E-state index contributed by atoms with van der Waals surface area (Å²) in [5.74, 6) is -3.02. The second-order valence-electron chi connectivity index (χ2n) is 10.2. The highest BCUT2D eigenvalue weighted by molar-refractivity contribution is 5.97. The summed E-state index contributed by atoms with van der Waals surface area (Å²) >= 11 is 0. The van der Waals surface area contributed by atoms with Gasteiger partial charge in [0.2, 0.25) is 5.91 Å². The van der Waals surface area contributed by atoms with E-state index in [2.05, 4.69) is 10.6 Å². The van der Waals surface area contributed by atoms with Crippen LogP contribution in [0.25, 0.3) is 11.1 Å². The van der Waals surface area contributed by atoms with Gasteiger partial charge in [-0.3, -0.25) is 9.69 Å². The Morgan fingerprint density at radius 1 is 0.905 bits per heavy atom. The van der Waals surface area contributed by atoms with Crippen LogP contribution in [0.4, 0.5) is 14.9 Å². The number of carboxylic acid groups (broad SMARTS) is 1. The van der Waals surface area contributed by atoms with Crippen LogP contribution < -0.4 is 10.6 Å². The van der Waals surface area contributed by atoms with Crippen molar-refractivity contribution >= 4 is 23.7 Å². The van der Waals surface area contributed by atoms with Crippen molar-refractivity contribution < 1.29 is 28.6 Å². The van der Waals surface area contributed by atoms with E-state index in [1.165, 1.54) is 12.1 Å². The van der Waals surface area contributed by atoms with Gasteiger partial charge in [-0.15, -0.1) is 0 Å². The van der Waals surface area contributed by atoms with Crippen LogP contribution in [0.5, 0.6) is 0 Å². The molecule has 0 saturated carbocycles. The SMILES string of the molecule is CN(Cc1ccccc1)CC(NC(=O)OCC1c2ccccc2-c2ccccc21)C(=O)Nc1ccc(C(=O)O)cc1F. The molecule has 1 aliphatic rings. The molecule has 0 spiro atoms. The summed E-state index contributed by atoms with van der Waals surface area (Å²) < 4.78 is 20.2. The van der Waals surface area contributed by atoms with Gasteiger partial charge in [-0.05, 0) is 53.1 Å². The van der Waals surface area contributed by atoms with Gasteiger partial charge in [0.1, 0.15) is 18.5 Å². The van der Waals surface area contributed by atoms with Gasteiger partial charge in [0.25, 0.3) is 0 Å². The summed E-state index contributed by atoms with van der Waals surface area (Å²) in [6.45, 7) is 0.664. The maximum atomic E-state index is 14.6. The molecule has 214 valence electrons. The van der Waals surface area contributed by atoms with Crippen LogP contribution in [0.2, 0.25) is 0 Å². The second kappa shape index (κ2) is 12.7. The predicted molar refractivity (Wildman–Crippen MR) is 157 cm³/mol. The first-order valence-corrected chi connectivity index (χ1v) is 13.5. The van der Waals surface area contributed by atoms with Gasteiger partial charge in [0, 0.05) is 19.0 Å². The zero-order valence-corrected chi connectivity index (χ0v) is 22.9. The van der Waals surface area contributed by atoms with Crippen molar-refractivity contribution in [2.45, 2.75) is 18.5 Å². The van der Waals surface area contributed by atoms with Crippen LogP contribution in [0.15, 0.2) is 97.1 Å². The van der Waals surface area contributed by atoms with Crippen molar-refractivity contribution in [3.05, 3.63) is 125 Å². The van der Waals surface area contributed by atoms with Crippen molar-refractivity contribution in [3.63, 3.8) is 0 Å². The van der Waals surface area contributed by atoms with Crippen LogP contribution in [0.3, 0.4) is 0 Å². The van der Waals surface area contributed by atoms with E-state index in [9.17, 15) is 18.8 Å². The Morgan fingerprint density at radius 3 is 2.14 bits per heavy atom. The van der Waals surface area contributed by atoms with E-state index in [1.807, 2.05) is 83.8 Å². The number of rotatable bonds is 10. The normalized spacial score (nSPS) is 12.7. The molecule has 0 radical (unpaired) electrons. The Hall–Kier alpha value is -5.02. The predicted octanol–water partition coefficient (Wildman–Crippen LogP) is 5.50. The number of nitrogens with one attached hydrogen (secondary N) is 2. The first kappa shape index (κ1) is 28.5. The average Bonchev–Trinajstić information content (AvgIpc) is 3.30. The molecule has 5 rings (SSSR count). The van der Waals surface area contributed by atoms with Gasteiger partial charge in [-0.25, -0.2) is 14.0 Å². The van der Waals surface area contributed by atoms with Gasteiger partial charge in [-0.1, -0.05) is 78.9 Å². The molecule has 0 bridgehead atoms. The van der Waals surface area contributed by atoms with Crippen LogP contribution in [0, 0.1) is 5.82 Å². The zero-order valence-electron chi connectivity index (χ0n) is 22.9. The molecule has 1 atom stereocenters. The smallest absolute Gasteiger partial charge is 0.407 e. The molecule has 2 amide bonds. The first-order chi connectivity index (χ1) is 20.3. The number of hydrogen-bond donors (Lipinski definition) is 3. The summed E-state index contributed by atoms with van der Waals surface area (Å²) in [5, 5.41) is 14.2. The lowest BCUT2D eigenvalue weighted by molar-refractivity contribution is -0.118. The molecule has 9 heteroatoms. The quantitative estimate of drug-likeness (QED) is 0.234. The van der Waals surface area contributed by atoms with Crippen LogP contribution in [-0.2, 0) is 16.1 Å². The van der Waals surface area contributed by atoms with Gasteiger partial charge >= 0.3 is 12.1 Å². The highest BCUT2D eigenvalue weighted by Gasteiger charge is 2.30. The third kappa shape index (κ3) is 6.47. The fourth-order valence-corrected chi connectivity index (χ4v) is 5.22. The Bertz CT molecular complexity index is 1570. The van der Waals surface area contributed by atoms with Gasteiger partial charge < -0.3 is 20.5 Å². The number of aromatic carboxylic acids is 1. The largest absolute Gasteiger partial charge is 0.478 e. The number of carbonyl (C=O) groups is 3. The third-order valence-corrected chi connectivity index (χ3v) is 7.22. The summed E-state index contributed by atoms with van der Waals surface area (Å²) in [7, 11) is 1.80. The highest BCUT2D eigenvalue weighted by Crippen LogP contribution is 2.44. The molecule has 1 aliphatic carbocycles. The fraction of sp³-hybridized carbons (Fsp3) is 0.182. The van der Waals surface area contributed by atoms with Crippen molar-refractivity contribution in [2.75, 3.05) is 25.5 Å². The molecule has 4 aromatic carbocycles. The van der Waals surface area contributed by atoms with E-state index in [0.717, 1.165) is 33.9 Å². The molecule has 4 aromatic rings. The van der Waals surface area contributed by atoms with E-state index in [0.29, 0.717) is 6.54 Å². The molecular formula is C33H30FN3O5. The molecule has 0 fully saturated rings. The van der Waals surface area contributed by atoms with Gasteiger partial charge in [0.15, 0.2) is 0 Å². The summed E-state index contributed by atoms with van der Waals surface area (Å²) in [5.41, 5.74) is 4.87. The standard InChI is InChI=1S/C33H30FN3O5/c1-37(18-21-9-3-2-4-10-21)19-30(31(38)35-29-16-15-22(32(39)40)17-28(29)34)36-33(41)42-20-27-25-13-7-5-11-23(25)24-12-6-8-14-26(24)27/h2-17,27,30H,18-20H2,1H3,(H,35,38)(H,36,41)(H,39,40). The molecule has 1 unspecified atom stereocenters. The molecule has 3 N–H and O–H groups in total. The molecule has 0 aliphatic heterocycles. The number of anilines is 1. The Kier molecular flexibility index (Phi) is 8.59. The Labute approximate surface area is 242 Å². The van der Waals surface area contributed by atoms with E-state index < -0.39 is 29.8 Å². The van der Waals surface area contributed by atoms with Crippen LogP contribution >= 0.6 is 0 Å². The van der Waals surface area contributed by atoms with Gasteiger partial charge in [0.05, 0.1) is 11.3 Å². The minimum Gasteiger partial charge on any atom is -0.478 e. The number of nitrogens with zero attached hydrogens (tertiary/aromatic N) is 1. The molecule has 0 aromatic heterocycles. The van der Waals surface area contributed by atoms with Crippen molar-refractivity contribution in [3.8, 4) is 11.1 Å². The molecule has 8 nitrogen and oxygen atoms in total. The van der Waals surface area contributed by atoms with E-state index in [-0.39, 0.29) is 30.3 Å². The number of benzene rings is 4. The lowest BCUT2D eigenvalue weighted by Gasteiger charge is -2.25. The number of alkyl carbamates (subject to hydrolysis) is 1. The first-order valence-electron chi connectivity index (χ1n) is 13.5. The molecule has 0 saturated heterocycles. The van der Waals surface area contributed by atoms with Crippen LogP contribution in [-0.4, -0.2) is 54.2 Å². The maximum absolute atomic E-state index is 14.6. The topological polar surface area (TPSA) is 108 Å². The third-order valence-electron chi connectivity index (χ3n) is 7.22. The highest BCUT2D eigenvalue weighted by atomic mass is 19.1. The number of carboxylic acids is 1. The number of likely N-dealkylation sites (N-methyl/N-ethyl adjacent to an activating group) is 1. The average molecular weight is 568 g/mol. The number of fused-ring (bicyclic) bond motifs is 3. The number of carbonyl (C=O) groups excluding carboxylic acids is 2.